The molecule has 0 unspecified atom stereocenters. The molecular weight excluding hydrogens is 286 g/mol. The first-order chi connectivity index (χ1) is 2.73. The molecule has 0 rings (SSSR count). The molecule has 0 spiro atoms. The van der Waals surface area contributed by atoms with E-state index >= 15 is 0 Å². The molecule has 0 aliphatic carbocycles. The van der Waals surface area contributed by atoms with Crippen molar-refractivity contribution in [1.82, 2.24) is 0 Å². The zero-order chi connectivity index (χ0) is 5.58. The van der Waals surface area contributed by atoms with Crippen molar-refractivity contribution in [3.8, 4) is 0 Å². The average Bonchev–Trinajstić information content (AvgIpc) is 1.41. The van der Waals surface area contributed by atoms with Crippen molar-refractivity contribution in [3.05, 3.63) is 0 Å². The van der Waals surface area contributed by atoms with Gasteiger partial charge in [0.15, 0.2) is 0 Å². The predicted molar refractivity (Wildman–Crippen MR) is 8.93 cm³/mol. The second-order valence-corrected chi connectivity index (χ2v) is 0.982. The van der Waals surface area contributed by atoms with Gasteiger partial charge in [-0.1, -0.05) is 0 Å². The Morgan fingerprint density at radius 2 is 1.00 bits per heavy atom. The van der Waals surface area contributed by atoms with E-state index in [0.717, 1.165) is 0 Å². The van der Waals surface area contributed by atoms with Crippen LogP contribution >= 0.6 is 16.3 Å². The van der Waals surface area contributed by atoms with E-state index in [1.54, 1.807) is 16.3 Å². The van der Waals surface area contributed by atoms with Crippen molar-refractivity contribution in [2.24, 2.45) is 0 Å². The standard InChI is InChI=1S/BrO3.BrO.K.Na/c2-1(3)4;1-2;;/q2*-1;2*+1. The minimum Gasteiger partial charge on any atom is -0.791 e. The molecule has 0 saturated carbocycles. The van der Waals surface area contributed by atoms with E-state index in [0.29, 0.717) is 0 Å². The Bertz CT molecular complexity index is 18.8. The zero-order valence-electron chi connectivity index (χ0n) is 4.39. The van der Waals surface area contributed by atoms with Crippen LogP contribution < -0.4 is 97.7 Å². The van der Waals surface area contributed by atoms with Crippen LogP contribution in [0.1, 0.15) is 0 Å². The summed E-state index contributed by atoms with van der Waals surface area (Å²) in [4.78, 5) is 0. The van der Waals surface area contributed by atoms with Crippen molar-refractivity contribution in [2.45, 2.75) is 0 Å². The number of hydrogen-bond acceptors (Lipinski definition) is 4. The Morgan fingerprint density at radius 1 is 1.00 bits per heavy atom. The van der Waals surface area contributed by atoms with Gasteiger partial charge >= 0.3 is 80.9 Å². The second kappa shape index (κ2) is 22.4. The summed E-state index contributed by atoms with van der Waals surface area (Å²) >= 11 is -1.96. The molecule has 0 aliphatic rings. The van der Waals surface area contributed by atoms with Crippen LogP contribution in [0, 0.1) is 14.8 Å². The van der Waals surface area contributed by atoms with Gasteiger partial charge in [0, 0.05) is 0 Å². The van der Waals surface area contributed by atoms with Gasteiger partial charge in [0.25, 0.3) is 0 Å². The topological polar surface area (TPSA) is 92.2 Å². The van der Waals surface area contributed by atoms with Crippen LogP contribution in [0.4, 0.5) is 0 Å². The quantitative estimate of drug-likeness (QED) is 0.413. The number of halogens is 2. The number of rotatable bonds is 0. The van der Waals surface area contributed by atoms with Gasteiger partial charge < -0.3 is 16.8 Å². The smallest absolute Gasteiger partial charge is 0.791 e. The molecule has 0 N–H and O–H groups in total. The molecule has 8 heavy (non-hydrogen) atoms. The molecule has 0 saturated heterocycles. The van der Waals surface area contributed by atoms with E-state index in [2.05, 4.69) is 0 Å². The Hall–Kier alpha value is 3.44. The monoisotopic (exact) mass is 284 g/mol. The molecule has 0 aromatic carbocycles. The molecule has 0 radical (unpaired) electrons. The van der Waals surface area contributed by atoms with Crippen LogP contribution in [0.3, 0.4) is 0 Å². The van der Waals surface area contributed by atoms with E-state index < -0.39 is 14.8 Å². The first-order valence-corrected chi connectivity index (χ1v) is 3.21. The van der Waals surface area contributed by atoms with Crippen LogP contribution in [-0.2, 0) is 0 Å². The number of hydrogen-bond donors (Lipinski definition) is 0. The first kappa shape index (κ1) is 22.5. The van der Waals surface area contributed by atoms with E-state index in [4.69, 9.17) is 16.8 Å². The molecule has 0 bridgehead atoms. The summed E-state index contributed by atoms with van der Waals surface area (Å²) in [7, 11) is 0. The van der Waals surface area contributed by atoms with Crippen molar-refractivity contribution in [3.63, 3.8) is 0 Å². The fourth-order valence-corrected chi connectivity index (χ4v) is 0. The van der Waals surface area contributed by atoms with Crippen molar-refractivity contribution in [1.29, 1.82) is 0 Å². The largest absolute Gasteiger partial charge is 1.00 e. The van der Waals surface area contributed by atoms with E-state index in [1.807, 2.05) is 0 Å². The first-order valence-electron chi connectivity index (χ1n) is 0.617. The van der Waals surface area contributed by atoms with Crippen LogP contribution in [-0.4, -0.2) is 0 Å². The van der Waals surface area contributed by atoms with Gasteiger partial charge in [0.05, 0.1) is 0 Å². The molecule has 4 nitrogen and oxygen atoms in total. The van der Waals surface area contributed by atoms with Gasteiger partial charge in [0.2, 0.25) is 14.8 Å². The SMILES string of the molecule is [K+].[Na+].[O-]Br.[O-][Br+2]([O-])[O-]. The third-order valence-electron chi connectivity index (χ3n) is 0. The Kier molecular flexibility index (Phi) is 63.2. The average molecular weight is 286 g/mol. The summed E-state index contributed by atoms with van der Waals surface area (Å²) in [5.41, 5.74) is 0. The van der Waals surface area contributed by atoms with Crippen LogP contribution in [0.15, 0.2) is 0 Å². The van der Waals surface area contributed by atoms with Crippen molar-refractivity contribution in [2.75, 3.05) is 0 Å². The molecular formula is Br2KNaO4. The fourth-order valence-electron chi connectivity index (χ4n) is 0. The summed E-state index contributed by atoms with van der Waals surface area (Å²) in [5, 5.41) is 0. The molecule has 0 aromatic rings. The minimum atomic E-state index is -3.65. The molecule has 0 aliphatic heterocycles. The zero-order valence-corrected chi connectivity index (χ0v) is 12.7. The summed E-state index contributed by atoms with van der Waals surface area (Å²) in [6.45, 7) is 0. The molecule has 0 fully saturated rings. The van der Waals surface area contributed by atoms with E-state index in [9.17, 15) is 0 Å². The van der Waals surface area contributed by atoms with Gasteiger partial charge in [-0.3, -0.25) is 0 Å². The van der Waals surface area contributed by atoms with Crippen LogP contribution in [0.5, 0.6) is 0 Å². The Labute approximate surface area is 126 Å². The summed E-state index contributed by atoms with van der Waals surface area (Å²) in [5.74, 6) is 0. The fraction of sp³-hybridized carbons (Fsp3) is 0. The summed E-state index contributed by atoms with van der Waals surface area (Å²) in [6, 6.07) is 0. The molecule has 40 valence electrons. The van der Waals surface area contributed by atoms with Gasteiger partial charge in [-0.05, 0) is 0 Å². The van der Waals surface area contributed by atoms with Crippen molar-refractivity contribution < 1.29 is 113 Å². The molecule has 0 amide bonds. The predicted octanol–water partition coefficient (Wildman–Crippen LogP) is -9.90. The maximum absolute atomic E-state index is 8.52. The molecule has 0 atom stereocenters. The van der Waals surface area contributed by atoms with Crippen LogP contribution in [0.2, 0.25) is 0 Å². The third kappa shape index (κ3) is 56.9. The van der Waals surface area contributed by atoms with Gasteiger partial charge in [-0.15, -0.1) is 0 Å². The Morgan fingerprint density at radius 3 is 1.00 bits per heavy atom. The molecule has 8 heteroatoms. The van der Waals surface area contributed by atoms with Crippen LogP contribution in [0.25, 0.3) is 0 Å². The van der Waals surface area contributed by atoms with Crippen molar-refractivity contribution >= 4 is 16.3 Å². The Balaban J connectivity index is -0.0000000183. The summed E-state index contributed by atoms with van der Waals surface area (Å²) < 4.78 is 33.6. The minimum absolute atomic E-state index is 0. The molecule has 0 heterocycles. The van der Waals surface area contributed by atoms with Gasteiger partial charge in [0.1, 0.15) is 0 Å². The van der Waals surface area contributed by atoms with E-state index in [-0.39, 0.29) is 80.9 Å². The normalized spacial score (nSPS) is 5.25. The van der Waals surface area contributed by atoms with Gasteiger partial charge in [-0.25, -0.2) is 16.3 Å². The van der Waals surface area contributed by atoms with Gasteiger partial charge in [-0.2, -0.15) is 0 Å². The second-order valence-electron chi connectivity index (χ2n) is 0.189. The maximum Gasteiger partial charge on any atom is 1.00 e. The van der Waals surface area contributed by atoms with E-state index in [1.165, 1.54) is 0 Å². The maximum atomic E-state index is 8.52. The third-order valence-corrected chi connectivity index (χ3v) is 0. The molecule has 0 aromatic heterocycles. The summed E-state index contributed by atoms with van der Waals surface area (Å²) in [6.07, 6.45) is 0.